The maximum absolute atomic E-state index is 12.9. The monoisotopic (exact) mass is 466 g/mol. The number of hydrogen-bond acceptors (Lipinski definition) is 4. The number of rotatable bonds is 7. The molecule has 2 heterocycles. The van der Waals surface area contributed by atoms with E-state index >= 15 is 0 Å². The van der Waals surface area contributed by atoms with E-state index in [9.17, 15) is 9.59 Å². The topological polar surface area (TPSA) is 79.7 Å². The van der Waals surface area contributed by atoms with Crippen LogP contribution in [0.25, 0.3) is 22.0 Å². The Labute approximate surface area is 198 Å². The molecule has 7 heteroatoms. The van der Waals surface area contributed by atoms with Gasteiger partial charge in [-0.2, -0.15) is 0 Å². The van der Waals surface area contributed by atoms with Gasteiger partial charge in [-0.25, -0.2) is 0 Å². The average molecular weight is 467 g/mol. The highest BCUT2D eigenvalue weighted by atomic mass is 35.5. The van der Waals surface area contributed by atoms with Gasteiger partial charge in [0.25, 0.3) is 5.91 Å². The van der Waals surface area contributed by atoms with Gasteiger partial charge in [-0.05, 0) is 61.9 Å². The summed E-state index contributed by atoms with van der Waals surface area (Å²) in [4.78, 5) is 30.0. The third-order valence-electron chi connectivity index (χ3n) is 6.23. The third-order valence-corrected chi connectivity index (χ3v) is 6.56. The number of halogens is 1. The Kier molecular flexibility index (Phi) is 7.14. The van der Waals surface area contributed by atoms with Crippen molar-refractivity contribution in [3.8, 4) is 16.9 Å². The number of aliphatic carboxylic acids is 1. The molecule has 6 nitrogen and oxygen atoms in total. The van der Waals surface area contributed by atoms with Gasteiger partial charge in [0.2, 0.25) is 0 Å². The van der Waals surface area contributed by atoms with Gasteiger partial charge in [-0.15, -0.1) is 0 Å². The number of nitrogens with zero attached hydrogens (tertiary/aromatic N) is 2. The van der Waals surface area contributed by atoms with Crippen molar-refractivity contribution in [1.29, 1.82) is 0 Å². The Morgan fingerprint density at radius 3 is 2.64 bits per heavy atom. The number of aromatic nitrogens is 1. The average Bonchev–Trinajstić information content (AvgIpc) is 2.82. The summed E-state index contributed by atoms with van der Waals surface area (Å²) < 4.78 is 5.98. The van der Waals surface area contributed by atoms with Crippen LogP contribution in [0.1, 0.15) is 32.6 Å². The molecule has 1 atom stereocenters. The highest BCUT2D eigenvalue weighted by Crippen LogP contribution is 2.34. The number of carbonyl (C=O) groups excluding carboxylic acids is 1. The zero-order chi connectivity index (χ0) is 23.4. The van der Waals surface area contributed by atoms with Gasteiger partial charge in [-0.3, -0.25) is 14.6 Å². The fourth-order valence-electron chi connectivity index (χ4n) is 4.40. The van der Waals surface area contributed by atoms with Crippen molar-refractivity contribution in [2.45, 2.75) is 38.7 Å². The molecular formula is C26H27ClN2O4. The molecule has 1 fully saturated rings. The standard InChI is InChI=1S/C26H27ClN2O4/c1-17(26(32)29-14-11-18(12-15-29)6-9-25(30)31)33-19-7-8-22-20(10-13-28-24(22)16-19)21-4-2-3-5-23(21)27/h2-5,7-8,10,13,16-18H,6,9,11-12,14-15H2,1H3,(H,30,31). The van der Waals surface area contributed by atoms with Gasteiger partial charge in [0.1, 0.15) is 5.75 Å². The summed E-state index contributed by atoms with van der Waals surface area (Å²) in [6.45, 7) is 3.03. The van der Waals surface area contributed by atoms with Crippen molar-refractivity contribution in [1.82, 2.24) is 9.88 Å². The van der Waals surface area contributed by atoms with E-state index < -0.39 is 12.1 Å². The Morgan fingerprint density at radius 1 is 1.15 bits per heavy atom. The number of carboxylic acid groups (broad SMARTS) is 1. The number of likely N-dealkylation sites (tertiary alicyclic amines) is 1. The van der Waals surface area contributed by atoms with Crippen LogP contribution in [0, 0.1) is 5.92 Å². The lowest BCUT2D eigenvalue weighted by molar-refractivity contribution is -0.140. The zero-order valence-corrected chi connectivity index (χ0v) is 19.3. The minimum atomic E-state index is -0.764. The van der Waals surface area contributed by atoms with Crippen molar-refractivity contribution in [2.24, 2.45) is 5.92 Å². The number of ether oxygens (including phenoxy) is 1. The van der Waals surface area contributed by atoms with Crippen LogP contribution >= 0.6 is 11.6 Å². The number of amides is 1. The number of hydrogen-bond donors (Lipinski definition) is 1. The van der Waals surface area contributed by atoms with Crippen molar-refractivity contribution in [2.75, 3.05) is 13.1 Å². The summed E-state index contributed by atoms with van der Waals surface area (Å²) in [5.74, 6) is 0.132. The third kappa shape index (κ3) is 5.45. The maximum atomic E-state index is 12.9. The van der Waals surface area contributed by atoms with Gasteiger partial charge < -0.3 is 14.7 Å². The van der Waals surface area contributed by atoms with E-state index in [1.54, 1.807) is 13.1 Å². The Balaban J connectivity index is 1.42. The van der Waals surface area contributed by atoms with Crippen LogP contribution in [-0.2, 0) is 9.59 Å². The second kappa shape index (κ2) is 10.2. The molecule has 0 radical (unpaired) electrons. The first-order valence-corrected chi connectivity index (χ1v) is 11.6. The first-order chi connectivity index (χ1) is 15.9. The number of benzene rings is 2. The zero-order valence-electron chi connectivity index (χ0n) is 18.5. The number of carboxylic acids is 1. The fraction of sp³-hybridized carbons (Fsp3) is 0.346. The lowest BCUT2D eigenvalue weighted by atomic mass is 9.92. The number of pyridine rings is 1. The van der Waals surface area contributed by atoms with Crippen LogP contribution in [0.4, 0.5) is 0 Å². The van der Waals surface area contributed by atoms with E-state index in [1.165, 1.54) is 0 Å². The fourth-order valence-corrected chi connectivity index (χ4v) is 4.63. The molecular weight excluding hydrogens is 440 g/mol. The molecule has 1 N–H and O–H groups in total. The Morgan fingerprint density at radius 2 is 1.91 bits per heavy atom. The summed E-state index contributed by atoms with van der Waals surface area (Å²) >= 11 is 6.39. The second-order valence-corrected chi connectivity index (χ2v) is 8.89. The summed E-state index contributed by atoms with van der Waals surface area (Å²) in [7, 11) is 0. The molecule has 0 bridgehead atoms. The minimum Gasteiger partial charge on any atom is -0.481 e. The van der Waals surface area contributed by atoms with E-state index in [1.807, 2.05) is 53.4 Å². The molecule has 1 unspecified atom stereocenters. The molecule has 2 aromatic carbocycles. The van der Waals surface area contributed by atoms with E-state index in [2.05, 4.69) is 4.98 Å². The largest absolute Gasteiger partial charge is 0.481 e. The molecule has 1 amide bonds. The summed E-state index contributed by atoms with van der Waals surface area (Å²) in [6, 6.07) is 15.3. The van der Waals surface area contributed by atoms with Crippen molar-refractivity contribution < 1.29 is 19.4 Å². The van der Waals surface area contributed by atoms with Gasteiger partial charge in [0, 0.05) is 47.7 Å². The molecule has 1 aromatic heterocycles. The van der Waals surface area contributed by atoms with Crippen LogP contribution in [0.2, 0.25) is 5.02 Å². The van der Waals surface area contributed by atoms with Crippen LogP contribution in [0.3, 0.4) is 0 Å². The van der Waals surface area contributed by atoms with Crippen LogP contribution in [-0.4, -0.2) is 46.1 Å². The molecule has 3 aromatic rings. The molecule has 0 aliphatic carbocycles. The van der Waals surface area contributed by atoms with Gasteiger partial charge in [-0.1, -0.05) is 29.8 Å². The van der Waals surface area contributed by atoms with Crippen LogP contribution < -0.4 is 4.74 Å². The van der Waals surface area contributed by atoms with E-state index in [0.717, 1.165) is 34.9 Å². The van der Waals surface area contributed by atoms with Crippen molar-refractivity contribution in [3.63, 3.8) is 0 Å². The van der Waals surface area contributed by atoms with E-state index in [-0.39, 0.29) is 12.3 Å². The van der Waals surface area contributed by atoms with Gasteiger partial charge in [0.05, 0.1) is 5.52 Å². The lowest BCUT2D eigenvalue weighted by Gasteiger charge is -2.33. The maximum Gasteiger partial charge on any atom is 0.303 e. The second-order valence-electron chi connectivity index (χ2n) is 8.48. The molecule has 1 aliphatic heterocycles. The molecule has 0 spiro atoms. The number of carbonyl (C=O) groups is 2. The predicted molar refractivity (Wildman–Crippen MR) is 128 cm³/mol. The summed E-state index contributed by atoms with van der Waals surface area (Å²) in [5.41, 5.74) is 2.70. The Hall–Kier alpha value is -3.12. The Bertz CT molecular complexity index is 1160. The molecule has 0 saturated carbocycles. The van der Waals surface area contributed by atoms with E-state index in [0.29, 0.717) is 36.2 Å². The van der Waals surface area contributed by atoms with Crippen molar-refractivity contribution in [3.05, 3.63) is 59.8 Å². The highest BCUT2D eigenvalue weighted by Gasteiger charge is 2.27. The van der Waals surface area contributed by atoms with Crippen LogP contribution in [0.5, 0.6) is 5.75 Å². The van der Waals surface area contributed by atoms with Crippen LogP contribution in [0.15, 0.2) is 54.7 Å². The molecule has 1 aliphatic rings. The first-order valence-electron chi connectivity index (χ1n) is 11.2. The molecule has 4 rings (SSSR count). The molecule has 1 saturated heterocycles. The van der Waals surface area contributed by atoms with Crippen molar-refractivity contribution >= 4 is 34.4 Å². The van der Waals surface area contributed by atoms with Gasteiger partial charge >= 0.3 is 5.97 Å². The lowest BCUT2D eigenvalue weighted by Crippen LogP contribution is -2.44. The highest BCUT2D eigenvalue weighted by molar-refractivity contribution is 6.33. The minimum absolute atomic E-state index is 0.0513. The quantitative estimate of drug-likeness (QED) is 0.502. The summed E-state index contributed by atoms with van der Waals surface area (Å²) in [5, 5.41) is 10.5. The smallest absolute Gasteiger partial charge is 0.303 e. The van der Waals surface area contributed by atoms with E-state index in [4.69, 9.17) is 21.4 Å². The van der Waals surface area contributed by atoms with Gasteiger partial charge in [0.15, 0.2) is 6.10 Å². The normalized spacial score (nSPS) is 15.4. The summed E-state index contributed by atoms with van der Waals surface area (Å²) in [6.07, 6.45) is 3.64. The predicted octanol–water partition coefficient (Wildman–Crippen LogP) is 5.43. The number of fused-ring (bicyclic) bond motifs is 1. The molecule has 33 heavy (non-hydrogen) atoms. The number of piperidine rings is 1. The molecule has 172 valence electrons. The first kappa shape index (κ1) is 23.1. The SMILES string of the molecule is CC(Oc1ccc2c(-c3ccccc3Cl)ccnc2c1)C(=O)N1CCC(CCC(=O)O)CC1.